The molecular formula is C25H27FN6O. The van der Waals surface area contributed by atoms with Crippen LogP contribution in [-0.2, 0) is 6.42 Å². The van der Waals surface area contributed by atoms with Gasteiger partial charge in [0.15, 0.2) is 5.82 Å². The Labute approximate surface area is 191 Å². The first kappa shape index (κ1) is 21.3. The second-order valence-electron chi connectivity index (χ2n) is 8.58. The molecule has 33 heavy (non-hydrogen) atoms. The van der Waals surface area contributed by atoms with Gasteiger partial charge in [-0.05, 0) is 43.7 Å². The highest BCUT2D eigenvalue weighted by atomic mass is 19.1. The third-order valence-corrected chi connectivity index (χ3v) is 6.48. The molecule has 2 aromatic carbocycles. The van der Waals surface area contributed by atoms with E-state index in [0.717, 1.165) is 37.4 Å². The third kappa shape index (κ3) is 4.26. The van der Waals surface area contributed by atoms with Crippen molar-refractivity contribution in [2.45, 2.75) is 26.3 Å². The molecule has 170 valence electrons. The lowest BCUT2D eigenvalue weighted by atomic mass is 10.1. The highest BCUT2D eigenvalue weighted by Crippen LogP contribution is 2.22. The number of hydrogen-bond donors (Lipinski definition) is 1. The van der Waals surface area contributed by atoms with E-state index in [4.69, 9.17) is 0 Å². The summed E-state index contributed by atoms with van der Waals surface area (Å²) >= 11 is 0. The average Bonchev–Trinajstić information content (AvgIpc) is 3.27. The summed E-state index contributed by atoms with van der Waals surface area (Å²) in [5.74, 6) is 0.791. The maximum absolute atomic E-state index is 13.2. The number of aryl methyl sites for hydroxylation is 1. The van der Waals surface area contributed by atoms with Gasteiger partial charge in [-0.3, -0.25) is 9.69 Å². The number of hydrogen-bond acceptors (Lipinski definition) is 5. The Kier molecular flexibility index (Phi) is 5.68. The lowest BCUT2D eigenvalue weighted by Gasteiger charge is -2.38. The molecule has 1 N–H and O–H groups in total. The van der Waals surface area contributed by atoms with Crippen molar-refractivity contribution in [3.8, 4) is 0 Å². The summed E-state index contributed by atoms with van der Waals surface area (Å²) < 4.78 is 14.6. The second-order valence-corrected chi connectivity index (χ2v) is 8.58. The molecule has 1 unspecified atom stereocenters. The smallest absolute Gasteiger partial charge is 0.279 e. The molecular weight excluding hydrogens is 419 g/mol. The first-order valence-corrected chi connectivity index (χ1v) is 11.3. The number of anilines is 1. The number of aromatic amines is 1. The number of nitrogens with zero attached hydrogens (tertiary/aromatic N) is 5. The predicted octanol–water partition coefficient (Wildman–Crippen LogP) is 3.34. The molecule has 1 fully saturated rings. The van der Waals surface area contributed by atoms with Crippen LogP contribution >= 0.6 is 0 Å². The van der Waals surface area contributed by atoms with E-state index in [0.29, 0.717) is 23.6 Å². The molecule has 2 aromatic heterocycles. The minimum atomic E-state index is -0.292. The number of nitrogens with one attached hydrogen (secondary N) is 1. The van der Waals surface area contributed by atoms with E-state index < -0.39 is 0 Å². The molecule has 0 amide bonds. The number of piperazine rings is 1. The highest BCUT2D eigenvalue weighted by molar-refractivity contribution is 5.46. The number of para-hydroxylation sites is 1. The van der Waals surface area contributed by atoms with Crippen LogP contribution in [0.3, 0.4) is 0 Å². The number of benzene rings is 2. The van der Waals surface area contributed by atoms with E-state index in [9.17, 15) is 9.18 Å². The van der Waals surface area contributed by atoms with E-state index in [1.54, 1.807) is 12.1 Å². The van der Waals surface area contributed by atoms with Gasteiger partial charge in [0.05, 0.1) is 6.04 Å². The van der Waals surface area contributed by atoms with Crippen molar-refractivity contribution in [3.63, 3.8) is 0 Å². The SMILES string of the molecule is Cc1[nH]c2nc(C(C)N3CCN(c4ccccc4)CC3)nn2c(=O)c1Cc1ccc(F)cc1. The van der Waals surface area contributed by atoms with Gasteiger partial charge in [0.2, 0.25) is 5.78 Å². The van der Waals surface area contributed by atoms with Crippen LogP contribution in [0.5, 0.6) is 0 Å². The van der Waals surface area contributed by atoms with Crippen molar-refractivity contribution in [1.29, 1.82) is 0 Å². The van der Waals surface area contributed by atoms with Crippen molar-refractivity contribution in [1.82, 2.24) is 24.5 Å². The maximum Gasteiger partial charge on any atom is 0.279 e. The van der Waals surface area contributed by atoms with Crippen molar-refractivity contribution in [2.75, 3.05) is 31.1 Å². The zero-order valence-corrected chi connectivity index (χ0v) is 18.8. The van der Waals surface area contributed by atoms with Crippen LogP contribution in [0.4, 0.5) is 10.1 Å². The summed E-state index contributed by atoms with van der Waals surface area (Å²) in [6.45, 7) is 7.61. The summed E-state index contributed by atoms with van der Waals surface area (Å²) in [6.07, 6.45) is 0.406. The van der Waals surface area contributed by atoms with Crippen molar-refractivity contribution in [3.05, 3.63) is 93.4 Å². The minimum Gasteiger partial charge on any atom is -0.369 e. The normalized spacial score (nSPS) is 15.8. The van der Waals surface area contributed by atoms with Crippen LogP contribution in [-0.4, -0.2) is 50.7 Å². The van der Waals surface area contributed by atoms with Gasteiger partial charge in [-0.25, -0.2) is 4.39 Å². The van der Waals surface area contributed by atoms with Gasteiger partial charge in [-0.2, -0.15) is 9.50 Å². The quantitative estimate of drug-likeness (QED) is 0.509. The number of rotatable bonds is 5. The first-order valence-electron chi connectivity index (χ1n) is 11.3. The Balaban J connectivity index is 1.35. The van der Waals surface area contributed by atoms with Crippen molar-refractivity contribution >= 4 is 11.5 Å². The van der Waals surface area contributed by atoms with Crippen molar-refractivity contribution in [2.24, 2.45) is 0 Å². The molecule has 0 bridgehead atoms. The molecule has 1 atom stereocenters. The minimum absolute atomic E-state index is 0.00326. The van der Waals surface area contributed by atoms with Crippen LogP contribution in [0.1, 0.15) is 35.6 Å². The second kappa shape index (κ2) is 8.78. The number of aromatic nitrogens is 4. The molecule has 4 aromatic rings. The Morgan fingerprint density at radius 1 is 1.03 bits per heavy atom. The zero-order valence-electron chi connectivity index (χ0n) is 18.8. The largest absolute Gasteiger partial charge is 0.369 e. The van der Waals surface area contributed by atoms with Gasteiger partial charge < -0.3 is 9.88 Å². The number of fused-ring (bicyclic) bond motifs is 1. The summed E-state index contributed by atoms with van der Waals surface area (Å²) in [6, 6.07) is 16.6. The molecule has 0 aliphatic carbocycles. The maximum atomic E-state index is 13.2. The first-order chi connectivity index (χ1) is 16.0. The molecule has 1 aliphatic heterocycles. The van der Waals surface area contributed by atoms with E-state index in [1.807, 2.05) is 13.0 Å². The summed E-state index contributed by atoms with van der Waals surface area (Å²) in [5, 5.41) is 4.57. The Morgan fingerprint density at radius 3 is 2.42 bits per heavy atom. The van der Waals surface area contributed by atoms with Crippen LogP contribution in [0.25, 0.3) is 5.78 Å². The fourth-order valence-electron chi connectivity index (χ4n) is 4.44. The molecule has 1 aliphatic rings. The Bertz CT molecular complexity index is 1310. The van der Waals surface area contributed by atoms with E-state index in [2.05, 4.69) is 56.1 Å². The van der Waals surface area contributed by atoms with E-state index in [1.165, 1.54) is 22.3 Å². The van der Waals surface area contributed by atoms with Gasteiger partial charge in [-0.15, -0.1) is 5.10 Å². The molecule has 0 radical (unpaired) electrons. The van der Waals surface area contributed by atoms with Gasteiger partial charge >= 0.3 is 0 Å². The Morgan fingerprint density at radius 2 is 1.73 bits per heavy atom. The summed E-state index contributed by atoms with van der Waals surface area (Å²) in [7, 11) is 0. The zero-order chi connectivity index (χ0) is 22.9. The van der Waals surface area contributed by atoms with E-state index >= 15 is 0 Å². The molecule has 3 heterocycles. The molecule has 7 nitrogen and oxygen atoms in total. The van der Waals surface area contributed by atoms with Gasteiger partial charge in [0.1, 0.15) is 5.82 Å². The topological polar surface area (TPSA) is 69.5 Å². The van der Waals surface area contributed by atoms with Crippen LogP contribution < -0.4 is 10.5 Å². The standard InChI is InChI=1S/C25H27FN6O/c1-17-22(16-19-8-10-20(26)11-9-19)24(33)32-25(27-17)28-23(29-32)18(2)30-12-14-31(15-13-30)21-6-4-3-5-7-21/h3-11,18H,12-16H2,1-2H3,(H,27,28,29). The van der Waals surface area contributed by atoms with E-state index in [-0.39, 0.29) is 17.4 Å². The number of H-pyrrole nitrogens is 1. The monoisotopic (exact) mass is 446 g/mol. The molecule has 5 rings (SSSR count). The lowest BCUT2D eigenvalue weighted by Crippen LogP contribution is -2.47. The fraction of sp³-hybridized carbons (Fsp3) is 0.320. The summed E-state index contributed by atoms with van der Waals surface area (Å²) in [5.41, 5.74) is 3.28. The fourth-order valence-corrected chi connectivity index (χ4v) is 4.44. The van der Waals surface area contributed by atoms with Crippen LogP contribution in [0.2, 0.25) is 0 Å². The average molecular weight is 447 g/mol. The highest BCUT2D eigenvalue weighted by Gasteiger charge is 2.25. The third-order valence-electron chi connectivity index (χ3n) is 6.48. The van der Waals surface area contributed by atoms with Gasteiger partial charge in [-0.1, -0.05) is 30.3 Å². The lowest BCUT2D eigenvalue weighted by molar-refractivity contribution is 0.192. The van der Waals surface area contributed by atoms with Gasteiger partial charge in [0, 0.05) is 49.5 Å². The van der Waals surface area contributed by atoms with Crippen LogP contribution in [0, 0.1) is 12.7 Å². The number of halogens is 1. The molecule has 0 saturated carbocycles. The summed E-state index contributed by atoms with van der Waals surface area (Å²) in [4.78, 5) is 25.8. The van der Waals surface area contributed by atoms with Crippen molar-refractivity contribution < 1.29 is 4.39 Å². The molecule has 0 spiro atoms. The Hall–Kier alpha value is -3.52. The predicted molar refractivity (Wildman–Crippen MR) is 126 cm³/mol. The molecule has 1 saturated heterocycles. The van der Waals surface area contributed by atoms with Crippen LogP contribution in [0.15, 0.2) is 59.4 Å². The van der Waals surface area contributed by atoms with Gasteiger partial charge in [0.25, 0.3) is 5.56 Å². The molecule has 8 heteroatoms.